The molecule has 1 aromatic carbocycles. The monoisotopic (exact) mass is 278 g/mol. The highest BCUT2D eigenvalue weighted by molar-refractivity contribution is 6.70. The summed E-state index contributed by atoms with van der Waals surface area (Å²) in [5.74, 6) is -0.971. The number of carboxylic acid groups (broad SMARTS) is 1. The molecule has 0 bridgehead atoms. The van der Waals surface area contributed by atoms with Crippen LogP contribution in [0.2, 0.25) is 29.7 Å². The van der Waals surface area contributed by atoms with E-state index in [-0.39, 0.29) is 21.4 Å². The highest BCUT2D eigenvalue weighted by Crippen LogP contribution is 2.35. The first-order valence-electron chi connectivity index (χ1n) is 4.62. The molecule has 0 aliphatic heterocycles. The average molecular weight is 279 g/mol. The van der Waals surface area contributed by atoms with E-state index in [1.54, 1.807) is 0 Å². The van der Waals surface area contributed by atoms with Gasteiger partial charge in [-0.1, -0.05) is 23.2 Å². The number of aromatic carboxylic acids is 1. The fourth-order valence-corrected chi connectivity index (χ4v) is 2.45. The van der Waals surface area contributed by atoms with Crippen LogP contribution in [0.3, 0.4) is 0 Å². The van der Waals surface area contributed by atoms with Crippen LogP contribution >= 0.6 is 23.2 Å². The van der Waals surface area contributed by atoms with E-state index >= 15 is 0 Å². The fraction of sp³-hybridized carbons (Fsp3) is 0.300. The smallest absolute Gasteiger partial charge is 0.341 e. The van der Waals surface area contributed by atoms with Crippen LogP contribution in [-0.2, 0) is 0 Å². The predicted octanol–water partition coefficient (Wildman–Crippen LogP) is 3.91. The minimum absolute atomic E-state index is 0.0726. The van der Waals surface area contributed by atoms with Crippen LogP contribution in [0.5, 0.6) is 5.75 Å². The molecule has 0 saturated heterocycles. The highest BCUT2D eigenvalue weighted by Gasteiger charge is 2.24. The SMILES string of the molecule is C[Si](C)(C)Oc1c(Cl)ccc(Cl)c1C(=O)O. The Morgan fingerprint density at radius 3 is 2.19 bits per heavy atom. The van der Waals surface area contributed by atoms with Gasteiger partial charge in [-0.2, -0.15) is 0 Å². The lowest BCUT2D eigenvalue weighted by Crippen LogP contribution is -2.30. The molecule has 0 saturated carbocycles. The molecule has 6 heteroatoms. The lowest BCUT2D eigenvalue weighted by molar-refractivity contribution is 0.0695. The van der Waals surface area contributed by atoms with Gasteiger partial charge in [0, 0.05) is 0 Å². The van der Waals surface area contributed by atoms with E-state index in [0.29, 0.717) is 0 Å². The largest absolute Gasteiger partial charge is 0.543 e. The molecule has 0 fully saturated rings. The molecule has 1 aromatic rings. The molecule has 16 heavy (non-hydrogen) atoms. The van der Waals surface area contributed by atoms with E-state index in [2.05, 4.69) is 0 Å². The third-order valence-electron chi connectivity index (χ3n) is 1.68. The van der Waals surface area contributed by atoms with Crippen molar-refractivity contribution < 1.29 is 14.3 Å². The van der Waals surface area contributed by atoms with Gasteiger partial charge in [0.25, 0.3) is 0 Å². The van der Waals surface area contributed by atoms with Crippen molar-refractivity contribution in [2.24, 2.45) is 0 Å². The van der Waals surface area contributed by atoms with Gasteiger partial charge in [0.2, 0.25) is 8.32 Å². The summed E-state index contributed by atoms with van der Waals surface area (Å²) in [4.78, 5) is 11.1. The molecule has 0 unspecified atom stereocenters. The van der Waals surface area contributed by atoms with Crippen molar-refractivity contribution in [2.75, 3.05) is 0 Å². The molecule has 1 rings (SSSR count). The van der Waals surface area contributed by atoms with Crippen LogP contribution in [0.1, 0.15) is 10.4 Å². The Hall–Kier alpha value is -0.713. The van der Waals surface area contributed by atoms with Crippen molar-refractivity contribution in [3.63, 3.8) is 0 Å². The van der Waals surface area contributed by atoms with Gasteiger partial charge in [-0.3, -0.25) is 0 Å². The van der Waals surface area contributed by atoms with E-state index in [1.165, 1.54) is 12.1 Å². The highest BCUT2D eigenvalue weighted by atomic mass is 35.5. The Kier molecular flexibility index (Phi) is 3.88. The number of carbonyl (C=O) groups is 1. The summed E-state index contributed by atoms with van der Waals surface area (Å²) in [5.41, 5.74) is -0.0726. The molecule has 0 spiro atoms. The first kappa shape index (κ1) is 13.4. The molecule has 0 amide bonds. The minimum Gasteiger partial charge on any atom is -0.543 e. The summed E-state index contributed by atoms with van der Waals surface area (Å²) in [7, 11) is -1.94. The van der Waals surface area contributed by atoms with Crippen LogP contribution in [0.15, 0.2) is 12.1 Å². The van der Waals surface area contributed by atoms with Crippen LogP contribution in [-0.4, -0.2) is 19.4 Å². The summed E-state index contributed by atoms with van der Waals surface area (Å²) in [5, 5.41) is 9.46. The third kappa shape index (κ3) is 3.14. The maximum absolute atomic E-state index is 11.1. The van der Waals surface area contributed by atoms with Gasteiger partial charge in [0.1, 0.15) is 11.3 Å². The second-order valence-corrected chi connectivity index (χ2v) is 9.50. The van der Waals surface area contributed by atoms with Crippen molar-refractivity contribution >= 4 is 37.5 Å². The van der Waals surface area contributed by atoms with Crippen molar-refractivity contribution in [1.82, 2.24) is 0 Å². The number of halogens is 2. The van der Waals surface area contributed by atoms with Gasteiger partial charge in [-0.25, -0.2) is 4.79 Å². The minimum atomic E-state index is -1.94. The van der Waals surface area contributed by atoms with E-state index in [4.69, 9.17) is 32.7 Å². The van der Waals surface area contributed by atoms with Gasteiger partial charge >= 0.3 is 5.97 Å². The van der Waals surface area contributed by atoms with Crippen LogP contribution in [0.25, 0.3) is 0 Å². The van der Waals surface area contributed by atoms with Crippen molar-refractivity contribution in [1.29, 1.82) is 0 Å². The number of rotatable bonds is 3. The molecule has 0 aromatic heterocycles. The van der Waals surface area contributed by atoms with Gasteiger partial charge in [-0.15, -0.1) is 0 Å². The van der Waals surface area contributed by atoms with E-state index < -0.39 is 14.3 Å². The Morgan fingerprint density at radius 2 is 1.75 bits per heavy atom. The topological polar surface area (TPSA) is 46.5 Å². The Labute approximate surface area is 105 Å². The Balaban J connectivity index is 3.35. The molecule has 0 radical (unpaired) electrons. The Morgan fingerprint density at radius 1 is 1.25 bits per heavy atom. The second-order valence-electron chi connectivity index (χ2n) is 4.25. The first-order chi connectivity index (χ1) is 7.22. The zero-order valence-electron chi connectivity index (χ0n) is 9.17. The standard InChI is InChI=1S/C10H12Cl2O3Si/c1-16(2,3)15-9-7(12)5-4-6(11)8(9)10(13)14/h4-5H,1-3H3,(H,13,14). The zero-order valence-corrected chi connectivity index (χ0v) is 11.7. The van der Waals surface area contributed by atoms with E-state index in [0.717, 1.165) is 0 Å². The molecule has 88 valence electrons. The normalized spacial score (nSPS) is 11.3. The zero-order chi connectivity index (χ0) is 12.5. The van der Waals surface area contributed by atoms with Gasteiger partial charge in [-0.05, 0) is 31.8 Å². The predicted molar refractivity (Wildman–Crippen MR) is 67.4 cm³/mol. The molecule has 3 nitrogen and oxygen atoms in total. The second kappa shape index (κ2) is 4.65. The Bertz CT molecular complexity index is 427. The maximum atomic E-state index is 11.1. The average Bonchev–Trinajstić information content (AvgIpc) is 2.08. The summed E-state index contributed by atoms with van der Waals surface area (Å²) < 4.78 is 5.65. The number of benzene rings is 1. The van der Waals surface area contributed by atoms with Crippen LogP contribution in [0.4, 0.5) is 0 Å². The summed E-state index contributed by atoms with van der Waals surface area (Å²) in [6.07, 6.45) is 0. The van der Waals surface area contributed by atoms with E-state index in [9.17, 15) is 4.79 Å². The number of carboxylic acids is 1. The lowest BCUT2D eigenvalue weighted by atomic mass is 10.2. The summed E-state index contributed by atoms with van der Waals surface area (Å²) >= 11 is 11.7. The number of hydrogen-bond donors (Lipinski definition) is 1. The first-order valence-corrected chi connectivity index (χ1v) is 8.79. The number of hydrogen-bond acceptors (Lipinski definition) is 2. The maximum Gasteiger partial charge on any atom is 0.341 e. The van der Waals surface area contributed by atoms with Crippen molar-refractivity contribution in [3.05, 3.63) is 27.7 Å². The van der Waals surface area contributed by atoms with Crippen LogP contribution in [0, 0.1) is 0 Å². The molecule has 0 aliphatic rings. The molecule has 0 aliphatic carbocycles. The van der Waals surface area contributed by atoms with E-state index in [1.807, 2.05) is 19.6 Å². The van der Waals surface area contributed by atoms with Crippen molar-refractivity contribution in [2.45, 2.75) is 19.6 Å². The quantitative estimate of drug-likeness (QED) is 0.853. The molecular weight excluding hydrogens is 267 g/mol. The van der Waals surface area contributed by atoms with Crippen LogP contribution < -0.4 is 4.43 Å². The molecule has 0 atom stereocenters. The third-order valence-corrected chi connectivity index (χ3v) is 3.11. The molecule has 1 N–H and O–H groups in total. The van der Waals surface area contributed by atoms with Gasteiger partial charge in [0.15, 0.2) is 0 Å². The van der Waals surface area contributed by atoms with Gasteiger partial charge in [0.05, 0.1) is 10.0 Å². The summed E-state index contributed by atoms with van der Waals surface area (Å²) in [6.45, 7) is 5.82. The van der Waals surface area contributed by atoms with Crippen molar-refractivity contribution in [3.8, 4) is 5.75 Å². The van der Waals surface area contributed by atoms with Gasteiger partial charge < -0.3 is 9.53 Å². The molecule has 0 heterocycles. The molecular formula is C10H12Cl2O3Si. The lowest BCUT2D eigenvalue weighted by Gasteiger charge is -2.22. The fourth-order valence-electron chi connectivity index (χ4n) is 1.14. The summed E-state index contributed by atoms with van der Waals surface area (Å²) in [6, 6.07) is 2.98.